The Bertz CT molecular complexity index is 475. The smallest absolute Gasteiger partial charge is 0.156 e. The van der Waals surface area contributed by atoms with E-state index in [4.69, 9.17) is 0 Å². The molecule has 0 aliphatic carbocycles. The molecule has 2 aliphatic heterocycles. The van der Waals surface area contributed by atoms with Crippen LogP contribution in [0.5, 0.6) is 0 Å². The van der Waals surface area contributed by atoms with Crippen molar-refractivity contribution in [3.8, 4) is 0 Å². The van der Waals surface area contributed by atoms with E-state index in [1.54, 1.807) is 13.8 Å². The molecule has 2 rings (SSSR count). The zero-order valence-electron chi connectivity index (χ0n) is 15.7. The van der Waals surface area contributed by atoms with Gasteiger partial charge in [-0.3, -0.25) is 9.59 Å². The van der Waals surface area contributed by atoms with Gasteiger partial charge in [0.2, 0.25) is 0 Å². The molecule has 2 fully saturated rings. The number of rotatable bonds is 0. The Morgan fingerprint density at radius 2 is 1.04 bits per heavy atom. The van der Waals surface area contributed by atoms with Crippen molar-refractivity contribution >= 4 is 11.6 Å². The minimum absolute atomic E-state index is 0.102. The third-order valence-corrected chi connectivity index (χ3v) is 4.78. The molecular weight excluding hydrogens is 296 g/mol. The van der Waals surface area contributed by atoms with Gasteiger partial charge in [0.05, 0.1) is 5.54 Å². The van der Waals surface area contributed by atoms with Crippen LogP contribution in [0.3, 0.4) is 0 Å². The number of piperidine rings is 1. The van der Waals surface area contributed by atoms with Crippen LogP contribution in [0.4, 0.5) is 0 Å². The monoisotopic (exact) mass is 328 g/mol. The summed E-state index contributed by atoms with van der Waals surface area (Å²) in [4.78, 5) is 22.6. The molecule has 0 unspecified atom stereocenters. The Hall–Kier alpha value is -0.820. The molecule has 6 nitrogen and oxygen atoms in total. The van der Waals surface area contributed by atoms with Crippen molar-refractivity contribution in [2.24, 2.45) is 0 Å². The van der Waals surface area contributed by atoms with Crippen LogP contribution in [0.2, 0.25) is 0 Å². The summed E-state index contributed by atoms with van der Waals surface area (Å²) in [6, 6.07) is 0. The first-order valence-corrected chi connectivity index (χ1v) is 8.07. The van der Waals surface area contributed by atoms with E-state index in [1.165, 1.54) is 5.06 Å². The Morgan fingerprint density at radius 3 is 1.26 bits per heavy atom. The molecule has 2 aliphatic rings. The van der Waals surface area contributed by atoms with Gasteiger partial charge in [-0.2, -0.15) is 10.1 Å². The van der Waals surface area contributed by atoms with Crippen molar-refractivity contribution in [2.75, 3.05) is 0 Å². The first kappa shape index (κ1) is 20.2. The largest absolute Gasteiger partial charge is 0.313 e. The van der Waals surface area contributed by atoms with Crippen LogP contribution in [0, 0.1) is 0 Å². The molecule has 0 bridgehead atoms. The molecule has 23 heavy (non-hydrogen) atoms. The van der Waals surface area contributed by atoms with Crippen LogP contribution in [-0.2, 0) is 9.59 Å². The number of hydrogen-bond donors (Lipinski definition) is 2. The van der Waals surface area contributed by atoms with E-state index in [2.05, 4.69) is 0 Å². The summed E-state index contributed by atoms with van der Waals surface area (Å²) in [5.41, 5.74) is -1.94. The summed E-state index contributed by atoms with van der Waals surface area (Å²) in [7, 11) is 0. The summed E-state index contributed by atoms with van der Waals surface area (Å²) >= 11 is 0. The highest BCUT2D eigenvalue weighted by atomic mass is 16.5. The maximum Gasteiger partial charge on any atom is 0.156 e. The fourth-order valence-corrected chi connectivity index (χ4v) is 3.56. The lowest BCUT2D eigenvalue weighted by Crippen LogP contribution is -2.59. The Labute approximate surface area is 139 Å². The minimum Gasteiger partial charge on any atom is -0.313 e. The van der Waals surface area contributed by atoms with Gasteiger partial charge in [-0.25, -0.2) is 0 Å². The van der Waals surface area contributed by atoms with E-state index in [0.29, 0.717) is 19.3 Å². The van der Waals surface area contributed by atoms with Crippen LogP contribution in [0.25, 0.3) is 0 Å². The quantitative estimate of drug-likeness (QED) is 0.712. The van der Waals surface area contributed by atoms with Gasteiger partial charge < -0.3 is 10.4 Å². The third kappa shape index (κ3) is 3.99. The summed E-state index contributed by atoms with van der Waals surface area (Å²) in [6.45, 7) is 14.7. The molecule has 0 aromatic rings. The lowest BCUT2D eigenvalue weighted by atomic mass is 9.81. The highest BCUT2D eigenvalue weighted by Gasteiger charge is 2.50. The van der Waals surface area contributed by atoms with Crippen molar-refractivity contribution in [2.45, 2.75) is 96.8 Å². The Morgan fingerprint density at radius 1 is 0.696 bits per heavy atom. The number of carbonyl (C=O) groups is 2. The predicted octanol–water partition coefficient (Wildman–Crippen LogP) is 2.81. The van der Waals surface area contributed by atoms with Crippen LogP contribution in [0.15, 0.2) is 0 Å². The van der Waals surface area contributed by atoms with E-state index in [-0.39, 0.29) is 11.6 Å². The van der Waals surface area contributed by atoms with Gasteiger partial charge in [0, 0.05) is 35.9 Å². The lowest BCUT2D eigenvalue weighted by Gasteiger charge is -2.47. The molecule has 0 atom stereocenters. The van der Waals surface area contributed by atoms with E-state index < -0.39 is 22.2 Å². The molecule has 0 spiro atoms. The van der Waals surface area contributed by atoms with Crippen molar-refractivity contribution < 1.29 is 20.0 Å². The van der Waals surface area contributed by atoms with Crippen LogP contribution >= 0.6 is 0 Å². The molecular formula is C17H32N2O4. The summed E-state index contributed by atoms with van der Waals surface area (Å²) in [5.74, 6) is 0.334. The zero-order valence-corrected chi connectivity index (χ0v) is 15.7. The lowest BCUT2D eigenvalue weighted by molar-refractivity contribution is -0.236. The van der Waals surface area contributed by atoms with E-state index in [9.17, 15) is 20.0 Å². The van der Waals surface area contributed by atoms with Gasteiger partial charge in [0.25, 0.3) is 0 Å². The molecule has 0 aromatic heterocycles. The Balaban J connectivity index is 0.000000231. The molecule has 2 heterocycles. The molecule has 134 valence electrons. The first-order chi connectivity index (χ1) is 10.0. The maximum atomic E-state index is 11.3. The van der Waals surface area contributed by atoms with Gasteiger partial charge in [-0.15, -0.1) is 0 Å². The van der Waals surface area contributed by atoms with Gasteiger partial charge >= 0.3 is 0 Å². The average molecular weight is 328 g/mol. The topological polar surface area (TPSA) is 81.1 Å². The van der Waals surface area contributed by atoms with E-state index in [1.807, 2.05) is 41.5 Å². The highest BCUT2D eigenvalue weighted by molar-refractivity contribution is 5.90. The average Bonchev–Trinajstić information content (AvgIpc) is 2.46. The number of Topliss-reactive ketones (excluding diaryl/α,β-unsaturated/α-hetero) is 2. The number of ketones is 2. The number of carbonyl (C=O) groups excluding carboxylic acids is 2. The molecule has 0 aromatic carbocycles. The fourth-order valence-electron chi connectivity index (χ4n) is 3.56. The van der Waals surface area contributed by atoms with Crippen LogP contribution in [-0.4, -0.2) is 54.3 Å². The van der Waals surface area contributed by atoms with Gasteiger partial charge in [-0.1, -0.05) is 0 Å². The summed E-state index contributed by atoms with van der Waals surface area (Å²) in [5, 5.41) is 21.8. The number of hydroxylamine groups is 4. The second-order valence-electron chi connectivity index (χ2n) is 9.11. The minimum atomic E-state index is -0.705. The van der Waals surface area contributed by atoms with Crippen molar-refractivity contribution in [1.29, 1.82) is 0 Å². The van der Waals surface area contributed by atoms with Crippen molar-refractivity contribution in [3.05, 3.63) is 0 Å². The SMILES string of the molecule is CC1(C)CC(=O)C(C)(C)N1O.CC1(C)CC(=O)CC(C)(C)N1O. The molecule has 2 saturated heterocycles. The second-order valence-corrected chi connectivity index (χ2v) is 9.11. The van der Waals surface area contributed by atoms with Gasteiger partial charge in [-0.05, 0) is 55.4 Å². The molecule has 0 radical (unpaired) electrons. The van der Waals surface area contributed by atoms with E-state index in [0.717, 1.165) is 5.06 Å². The number of hydrogen-bond acceptors (Lipinski definition) is 6. The molecule has 2 N–H and O–H groups in total. The van der Waals surface area contributed by atoms with Crippen molar-refractivity contribution in [1.82, 2.24) is 10.1 Å². The van der Waals surface area contributed by atoms with E-state index >= 15 is 0 Å². The van der Waals surface area contributed by atoms with Crippen molar-refractivity contribution in [3.63, 3.8) is 0 Å². The molecule has 0 amide bonds. The summed E-state index contributed by atoms with van der Waals surface area (Å²) < 4.78 is 0. The number of nitrogens with zero attached hydrogens (tertiary/aromatic N) is 2. The van der Waals surface area contributed by atoms with Gasteiger partial charge in [0.1, 0.15) is 5.78 Å². The zero-order chi connectivity index (χ0) is 18.4. The van der Waals surface area contributed by atoms with Crippen LogP contribution in [0.1, 0.15) is 74.7 Å². The normalized spacial score (nSPS) is 29.1. The fraction of sp³-hybridized carbons (Fsp3) is 0.882. The Kier molecular flexibility index (Phi) is 5.20. The molecule has 0 saturated carbocycles. The highest BCUT2D eigenvalue weighted by Crippen LogP contribution is 2.36. The first-order valence-electron chi connectivity index (χ1n) is 8.07. The standard InChI is InChI=1S/C9H17NO2.C8H15NO2/c1-8(2)5-7(11)6-9(3,4)10(8)12;1-7(2)5-6(10)8(3,4)9(7)11/h12H,5-6H2,1-4H3;11H,5H2,1-4H3. The van der Waals surface area contributed by atoms with Gasteiger partial charge in [0.15, 0.2) is 5.78 Å². The third-order valence-electron chi connectivity index (χ3n) is 4.78. The second kappa shape index (κ2) is 5.92. The maximum absolute atomic E-state index is 11.3. The predicted molar refractivity (Wildman–Crippen MR) is 87.4 cm³/mol. The summed E-state index contributed by atoms with van der Waals surface area (Å²) in [6.07, 6.45) is 1.30. The van der Waals surface area contributed by atoms with Crippen LogP contribution < -0.4 is 0 Å². The molecule has 6 heteroatoms.